The van der Waals surface area contributed by atoms with Crippen LogP contribution in [-0.4, -0.2) is 42.9 Å². The molecule has 6 heteroatoms. The number of methoxy groups -OCH3 is 2. The third-order valence-electron chi connectivity index (χ3n) is 2.42. The molecule has 6 nitrogen and oxygen atoms in total. The van der Waals surface area contributed by atoms with Gasteiger partial charge in [0.2, 0.25) is 5.88 Å². The minimum Gasteiger partial charge on any atom is -0.480 e. The first-order valence-corrected chi connectivity index (χ1v) is 5.63. The Morgan fingerprint density at radius 1 is 1.50 bits per heavy atom. The Labute approximate surface area is 106 Å². The van der Waals surface area contributed by atoms with Gasteiger partial charge in [-0.15, -0.1) is 0 Å². The zero-order valence-electron chi connectivity index (χ0n) is 10.8. The van der Waals surface area contributed by atoms with E-state index in [0.29, 0.717) is 12.2 Å². The molecule has 100 valence electrons. The maximum atomic E-state index is 11.4. The Morgan fingerprint density at radius 2 is 2.22 bits per heavy atom. The van der Waals surface area contributed by atoms with E-state index in [1.54, 1.807) is 12.1 Å². The van der Waals surface area contributed by atoms with Crippen LogP contribution >= 0.6 is 0 Å². The van der Waals surface area contributed by atoms with Gasteiger partial charge in [-0.05, 0) is 25.5 Å². The van der Waals surface area contributed by atoms with E-state index in [1.807, 2.05) is 6.92 Å². The van der Waals surface area contributed by atoms with E-state index in [-0.39, 0.29) is 24.1 Å². The molecule has 1 heterocycles. The summed E-state index contributed by atoms with van der Waals surface area (Å²) in [4.78, 5) is 15.6. The summed E-state index contributed by atoms with van der Waals surface area (Å²) in [7, 11) is 2.74. The van der Waals surface area contributed by atoms with Gasteiger partial charge in [-0.2, -0.15) is 4.98 Å². The van der Waals surface area contributed by atoms with Gasteiger partial charge in [-0.3, -0.25) is 0 Å². The van der Waals surface area contributed by atoms with Crippen molar-refractivity contribution in [3.05, 3.63) is 17.7 Å². The molecule has 0 saturated carbocycles. The molecule has 1 aromatic heterocycles. The van der Waals surface area contributed by atoms with Gasteiger partial charge in [0.05, 0.1) is 14.2 Å². The summed E-state index contributed by atoms with van der Waals surface area (Å²) in [5, 5.41) is 11.9. The monoisotopic (exact) mass is 254 g/mol. The fourth-order valence-corrected chi connectivity index (χ4v) is 1.46. The molecule has 18 heavy (non-hydrogen) atoms. The van der Waals surface area contributed by atoms with E-state index in [4.69, 9.17) is 9.84 Å². The third-order valence-corrected chi connectivity index (χ3v) is 2.42. The minimum absolute atomic E-state index is 0.0798. The highest BCUT2D eigenvalue weighted by atomic mass is 16.5. The lowest BCUT2D eigenvalue weighted by molar-refractivity contribution is 0.0596. The standard InChI is InChI=1S/C12H18N2O4/c1-8(6-7-15)13-10-5-4-9(12(16)18-3)11(14-10)17-2/h4-5,8,15H,6-7H2,1-3H3,(H,13,14). The number of nitrogens with one attached hydrogen (secondary N) is 1. The Morgan fingerprint density at radius 3 is 2.78 bits per heavy atom. The number of pyridine rings is 1. The predicted molar refractivity (Wildman–Crippen MR) is 66.9 cm³/mol. The Bertz CT molecular complexity index is 409. The molecule has 1 unspecified atom stereocenters. The normalized spacial score (nSPS) is 11.8. The fourth-order valence-electron chi connectivity index (χ4n) is 1.46. The molecule has 0 saturated heterocycles. The molecular weight excluding hydrogens is 236 g/mol. The van der Waals surface area contributed by atoms with E-state index in [0.717, 1.165) is 0 Å². The van der Waals surface area contributed by atoms with E-state index in [2.05, 4.69) is 15.0 Å². The second-order valence-electron chi connectivity index (χ2n) is 3.80. The Kier molecular flexibility index (Phi) is 5.38. The molecule has 0 radical (unpaired) electrons. The van der Waals surface area contributed by atoms with Crippen molar-refractivity contribution in [2.75, 3.05) is 26.1 Å². The molecular formula is C12H18N2O4. The van der Waals surface area contributed by atoms with Crippen LogP contribution in [0.5, 0.6) is 5.88 Å². The predicted octanol–water partition coefficient (Wildman–Crippen LogP) is 1.06. The maximum absolute atomic E-state index is 11.4. The van der Waals surface area contributed by atoms with Gasteiger partial charge in [0.1, 0.15) is 11.4 Å². The number of nitrogens with zero attached hydrogens (tertiary/aromatic N) is 1. The average Bonchev–Trinajstić information content (AvgIpc) is 2.38. The summed E-state index contributed by atoms with van der Waals surface area (Å²) in [6.45, 7) is 2.03. The quantitative estimate of drug-likeness (QED) is 0.739. The molecule has 0 fully saturated rings. The largest absolute Gasteiger partial charge is 0.480 e. The summed E-state index contributed by atoms with van der Waals surface area (Å²) in [5.41, 5.74) is 0.278. The minimum atomic E-state index is -0.491. The van der Waals surface area contributed by atoms with Gasteiger partial charge in [-0.25, -0.2) is 4.79 Å². The number of hydrogen-bond donors (Lipinski definition) is 2. The molecule has 0 bridgehead atoms. The van der Waals surface area contributed by atoms with Crippen molar-refractivity contribution in [3.8, 4) is 5.88 Å². The van der Waals surface area contributed by atoms with Crippen molar-refractivity contribution in [1.29, 1.82) is 0 Å². The van der Waals surface area contributed by atoms with Crippen molar-refractivity contribution in [2.24, 2.45) is 0 Å². The lowest BCUT2D eigenvalue weighted by Crippen LogP contribution is -2.18. The number of hydrogen-bond acceptors (Lipinski definition) is 6. The third kappa shape index (κ3) is 3.59. The topological polar surface area (TPSA) is 80.7 Å². The number of carbonyl (C=O) groups excluding carboxylic acids is 1. The molecule has 2 N–H and O–H groups in total. The molecule has 0 spiro atoms. The highest BCUT2D eigenvalue weighted by Gasteiger charge is 2.15. The fraction of sp³-hybridized carbons (Fsp3) is 0.500. The van der Waals surface area contributed by atoms with E-state index < -0.39 is 5.97 Å². The summed E-state index contributed by atoms with van der Waals surface area (Å²) in [5.74, 6) is 0.304. The van der Waals surface area contributed by atoms with Crippen LogP contribution in [-0.2, 0) is 4.74 Å². The second kappa shape index (κ2) is 6.80. The first-order chi connectivity index (χ1) is 8.62. The number of anilines is 1. The van der Waals surface area contributed by atoms with Gasteiger partial charge >= 0.3 is 5.97 Å². The Balaban J connectivity index is 2.88. The van der Waals surface area contributed by atoms with Crippen LogP contribution < -0.4 is 10.1 Å². The molecule has 1 rings (SSSR count). The van der Waals surface area contributed by atoms with Crippen LogP contribution in [0.25, 0.3) is 0 Å². The van der Waals surface area contributed by atoms with Crippen molar-refractivity contribution < 1.29 is 19.4 Å². The molecule has 0 aromatic carbocycles. The summed E-state index contributed by atoms with van der Waals surface area (Å²) in [6, 6.07) is 3.34. The van der Waals surface area contributed by atoms with Crippen molar-refractivity contribution >= 4 is 11.8 Å². The van der Waals surface area contributed by atoms with Gasteiger partial charge in [0.15, 0.2) is 0 Å². The zero-order chi connectivity index (χ0) is 13.5. The Hall–Kier alpha value is -1.82. The summed E-state index contributed by atoms with van der Waals surface area (Å²) >= 11 is 0. The van der Waals surface area contributed by atoms with Crippen LogP contribution in [0, 0.1) is 0 Å². The number of rotatable bonds is 6. The molecule has 1 aromatic rings. The average molecular weight is 254 g/mol. The number of aliphatic hydroxyl groups is 1. The van der Waals surface area contributed by atoms with Crippen molar-refractivity contribution in [2.45, 2.75) is 19.4 Å². The van der Waals surface area contributed by atoms with Crippen molar-refractivity contribution in [1.82, 2.24) is 4.98 Å². The first-order valence-electron chi connectivity index (χ1n) is 5.63. The molecule has 0 aliphatic carbocycles. The SMILES string of the molecule is COC(=O)c1ccc(NC(C)CCO)nc1OC. The smallest absolute Gasteiger partial charge is 0.343 e. The summed E-state index contributed by atoms with van der Waals surface area (Å²) < 4.78 is 9.68. The molecule has 0 aliphatic rings. The van der Waals surface area contributed by atoms with E-state index in [9.17, 15) is 4.79 Å². The van der Waals surface area contributed by atoms with E-state index >= 15 is 0 Å². The number of ether oxygens (including phenoxy) is 2. The number of carbonyl (C=O) groups is 1. The van der Waals surface area contributed by atoms with Crippen LogP contribution in [0.3, 0.4) is 0 Å². The van der Waals surface area contributed by atoms with Gasteiger partial charge in [0.25, 0.3) is 0 Å². The zero-order valence-corrected chi connectivity index (χ0v) is 10.8. The van der Waals surface area contributed by atoms with Crippen LogP contribution in [0.15, 0.2) is 12.1 Å². The highest BCUT2D eigenvalue weighted by molar-refractivity contribution is 5.92. The molecule has 0 aliphatic heterocycles. The van der Waals surface area contributed by atoms with Crippen LogP contribution in [0.1, 0.15) is 23.7 Å². The van der Waals surface area contributed by atoms with E-state index in [1.165, 1.54) is 14.2 Å². The second-order valence-corrected chi connectivity index (χ2v) is 3.80. The number of esters is 1. The van der Waals surface area contributed by atoms with Gasteiger partial charge < -0.3 is 19.9 Å². The lowest BCUT2D eigenvalue weighted by Gasteiger charge is -2.14. The van der Waals surface area contributed by atoms with Gasteiger partial charge in [0, 0.05) is 12.6 Å². The van der Waals surface area contributed by atoms with Crippen LogP contribution in [0.2, 0.25) is 0 Å². The summed E-state index contributed by atoms with van der Waals surface area (Å²) in [6.07, 6.45) is 0.614. The maximum Gasteiger partial charge on any atom is 0.343 e. The molecule has 0 amide bonds. The molecule has 1 atom stereocenters. The first kappa shape index (κ1) is 14.2. The van der Waals surface area contributed by atoms with Crippen molar-refractivity contribution in [3.63, 3.8) is 0 Å². The number of aliphatic hydroxyl groups excluding tert-OH is 1. The van der Waals surface area contributed by atoms with Gasteiger partial charge in [-0.1, -0.05) is 0 Å². The highest BCUT2D eigenvalue weighted by Crippen LogP contribution is 2.19. The number of aromatic nitrogens is 1. The van der Waals surface area contributed by atoms with Crippen LogP contribution in [0.4, 0.5) is 5.82 Å². The lowest BCUT2D eigenvalue weighted by atomic mass is 10.2.